The van der Waals surface area contributed by atoms with Crippen LogP contribution < -0.4 is 4.74 Å². The van der Waals surface area contributed by atoms with Gasteiger partial charge in [0.15, 0.2) is 0 Å². The number of nitrogens with zero attached hydrogens (tertiary/aromatic N) is 3. The van der Waals surface area contributed by atoms with Crippen LogP contribution in [0.15, 0.2) is 24.3 Å². The van der Waals surface area contributed by atoms with Gasteiger partial charge in [0, 0.05) is 0 Å². The van der Waals surface area contributed by atoms with Gasteiger partial charge in [0.1, 0.15) is 11.4 Å². The molecular formula is C15H21N3O2. The zero-order valence-electron chi connectivity index (χ0n) is 12.2. The standard InChI is InChI=1S/C15H21N3O2/c1-4-20-13-7-5-12(6-8-13)18-15(9-11(2)3)14(10-19)16-17-18/h5-8,11,19H,4,9-10H2,1-3H3. The first kappa shape index (κ1) is 14.5. The van der Waals surface area contributed by atoms with Gasteiger partial charge >= 0.3 is 0 Å². The van der Waals surface area contributed by atoms with E-state index < -0.39 is 0 Å². The maximum Gasteiger partial charge on any atom is 0.119 e. The summed E-state index contributed by atoms with van der Waals surface area (Å²) in [5.74, 6) is 1.31. The number of benzene rings is 1. The predicted molar refractivity (Wildman–Crippen MR) is 77.0 cm³/mol. The van der Waals surface area contributed by atoms with E-state index in [2.05, 4.69) is 24.2 Å². The van der Waals surface area contributed by atoms with Crippen LogP contribution in [0.25, 0.3) is 5.69 Å². The molecule has 2 rings (SSSR count). The zero-order chi connectivity index (χ0) is 14.5. The smallest absolute Gasteiger partial charge is 0.119 e. The summed E-state index contributed by atoms with van der Waals surface area (Å²) in [6, 6.07) is 7.73. The van der Waals surface area contributed by atoms with Crippen LogP contribution in [0.5, 0.6) is 5.75 Å². The van der Waals surface area contributed by atoms with Gasteiger partial charge in [-0.25, -0.2) is 4.68 Å². The van der Waals surface area contributed by atoms with Gasteiger partial charge in [0.25, 0.3) is 0 Å². The normalized spacial score (nSPS) is 11.1. The average Bonchev–Trinajstić information content (AvgIpc) is 2.82. The van der Waals surface area contributed by atoms with Gasteiger partial charge in [-0.05, 0) is 43.5 Å². The molecule has 1 aromatic carbocycles. The minimum absolute atomic E-state index is 0.0842. The highest BCUT2D eigenvalue weighted by atomic mass is 16.5. The fraction of sp³-hybridized carbons (Fsp3) is 0.467. The Hall–Kier alpha value is -1.88. The van der Waals surface area contributed by atoms with Crippen molar-refractivity contribution in [1.82, 2.24) is 15.0 Å². The number of aromatic nitrogens is 3. The van der Waals surface area contributed by atoms with E-state index in [0.29, 0.717) is 18.2 Å². The second-order valence-corrected chi connectivity index (χ2v) is 5.08. The molecule has 20 heavy (non-hydrogen) atoms. The first-order valence-corrected chi connectivity index (χ1v) is 6.93. The summed E-state index contributed by atoms with van der Waals surface area (Å²) >= 11 is 0. The van der Waals surface area contributed by atoms with Gasteiger partial charge in [-0.3, -0.25) is 0 Å². The summed E-state index contributed by atoms with van der Waals surface area (Å²) in [7, 11) is 0. The third-order valence-corrected chi connectivity index (χ3v) is 2.99. The Morgan fingerprint density at radius 2 is 1.95 bits per heavy atom. The van der Waals surface area contributed by atoms with Crippen LogP contribution >= 0.6 is 0 Å². The van der Waals surface area contributed by atoms with E-state index in [0.717, 1.165) is 23.6 Å². The molecule has 108 valence electrons. The molecule has 5 nitrogen and oxygen atoms in total. The van der Waals surface area contributed by atoms with Crippen LogP contribution in [0.1, 0.15) is 32.2 Å². The third kappa shape index (κ3) is 3.17. The van der Waals surface area contributed by atoms with E-state index in [1.54, 1.807) is 4.68 Å². The van der Waals surface area contributed by atoms with Crippen molar-refractivity contribution < 1.29 is 9.84 Å². The van der Waals surface area contributed by atoms with Crippen molar-refractivity contribution in [3.8, 4) is 11.4 Å². The second kappa shape index (κ2) is 6.52. The van der Waals surface area contributed by atoms with E-state index in [4.69, 9.17) is 4.74 Å². The lowest BCUT2D eigenvalue weighted by molar-refractivity contribution is 0.275. The van der Waals surface area contributed by atoms with Crippen molar-refractivity contribution in [3.05, 3.63) is 35.7 Å². The number of aliphatic hydroxyl groups is 1. The number of aliphatic hydroxyl groups excluding tert-OH is 1. The van der Waals surface area contributed by atoms with E-state index in [9.17, 15) is 5.11 Å². The van der Waals surface area contributed by atoms with Crippen LogP contribution in [0, 0.1) is 5.92 Å². The topological polar surface area (TPSA) is 60.2 Å². The number of ether oxygens (including phenoxy) is 1. The maximum atomic E-state index is 9.37. The molecular weight excluding hydrogens is 254 g/mol. The van der Waals surface area contributed by atoms with E-state index >= 15 is 0 Å². The maximum absolute atomic E-state index is 9.37. The quantitative estimate of drug-likeness (QED) is 0.879. The molecule has 0 atom stereocenters. The molecule has 0 saturated carbocycles. The number of hydrogen-bond acceptors (Lipinski definition) is 4. The average molecular weight is 275 g/mol. The number of rotatable bonds is 6. The van der Waals surface area contributed by atoms with Crippen LogP contribution in [0.3, 0.4) is 0 Å². The van der Waals surface area contributed by atoms with Gasteiger partial charge in [-0.1, -0.05) is 19.1 Å². The largest absolute Gasteiger partial charge is 0.494 e. The second-order valence-electron chi connectivity index (χ2n) is 5.08. The van der Waals surface area contributed by atoms with Crippen molar-refractivity contribution in [3.63, 3.8) is 0 Å². The molecule has 0 fully saturated rings. The van der Waals surface area contributed by atoms with Crippen molar-refractivity contribution in [1.29, 1.82) is 0 Å². The lowest BCUT2D eigenvalue weighted by atomic mass is 10.1. The molecule has 1 aromatic heterocycles. The summed E-state index contributed by atoms with van der Waals surface area (Å²) in [4.78, 5) is 0. The lowest BCUT2D eigenvalue weighted by Crippen LogP contribution is -2.07. The van der Waals surface area contributed by atoms with Crippen LogP contribution in [0.4, 0.5) is 0 Å². The minimum atomic E-state index is -0.0842. The Labute approximate surface area is 119 Å². The van der Waals surface area contributed by atoms with Gasteiger partial charge in [0.05, 0.1) is 24.6 Å². The molecule has 0 radical (unpaired) electrons. The summed E-state index contributed by atoms with van der Waals surface area (Å²) in [5.41, 5.74) is 2.54. The fourth-order valence-electron chi connectivity index (χ4n) is 2.10. The van der Waals surface area contributed by atoms with Gasteiger partial charge in [-0.15, -0.1) is 5.10 Å². The molecule has 0 spiro atoms. The highest BCUT2D eigenvalue weighted by Crippen LogP contribution is 2.19. The molecule has 0 bridgehead atoms. The number of hydrogen-bond donors (Lipinski definition) is 1. The fourth-order valence-corrected chi connectivity index (χ4v) is 2.10. The molecule has 0 aliphatic heterocycles. The summed E-state index contributed by atoms with van der Waals surface area (Å²) < 4.78 is 7.23. The first-order valence-electron chi connectivity index (χ1n) is 6.93. The van der Waals surface area contributed by atoms with Gasteiger partial charge < -0.3 is 9.84 Å². The third-order valence-electron chi connectivity index (χ3n) is 2.99. The van der Waals surface area contributed by atoms with Crippen LogP contribution in [-0.2, 0) is 13.0 Å². The molecule has 0 aliphatic carbocycles. The molecule has 0 amide bonds. The molecule has 2 aromatic rings. The van der Waals surface area contributed by atoms with E-state index in [1.165, 1.54) is 0 Å². The highest BCUT2D eigenvalue weighted by molar-refractivity contribution is 5.38. The molecule has 1 N–H and O–H groups in total. The summed E-state index contributed by atoms with van der Waals surface area (Å²) in [5, 5.41) is 17.6. The zero-order valence-corrected chi connectivity index (χ0v) is 12.2. The van der Waals surface area contributed by atoms with E-state index in [-0.39, 0.29) is 6.61 Å². The van der Waals surface area contributed by atoms with Crippen molar-refractivity contribution >= 4 is 0 Å². The molecule has 0 saturated heterocycles. The molecule has 5 heteroatoms. The molecule has 0 unspecified atom stereocenters. The van der Waals surface area contributed by atoms with E-state index in [1.807, 2.05) is 31.2 Å². The van der Waals surface area contributed by atoms with Gasteiger partial charge in [0.2, 0.25) is 0 Å². The predicted octanol–water partition coefficient (Wildman–Crippen LogP) is 2.36. The Kier molecular flexibility index (Phi) is 4.74. The summed E-state index contributed by atoms with van der Waals surface area (Å²) in [6.45, 7) is 6.79. The minimum Gasteiger partial charge on any atom is -0.494 e. The van der Waals surface area contributed by atoms with Crippen molar-refractivity contribution in [2.24, 2.45) is 5.92 Å². The van der Waals surface area contributed by atoms with Crippen molar-refractivity contribution in [2.75, 3.05) is 6.61 Å². The Balaban J connectivity index is 2.33. The molecule has 0 aliphatic rings. The first-order chi connectivity index (χ1) is 9.65. The molecule has 1 heterocycles. The highest BCUT2D eigenvalue weighted by Gasteiger charge is 2.14. The Morgan fingerprint density at radius 3 is 2.50 bits per heavy atom. The Morgan fingerprint density at radius 1 is 1.25 bits per heavy atom. The SMILES string of the molecule is CCOc1ccc(-n2nnc(CO)c2CC(C)C)cc1. The van der Waals surface area contributed by atoms with Crippen LogP contribution in [0.2, 0.25) is 0 Å². The Bertz CT molecular complexity index is 547. The van der Waals surface area contributed by atoms with Gasteiger partial charge in [-0.2, -0.15) is 0 Å². The van der Waals surface area contributed by atoms with Crippen LogP contribution in [-0.4, -0.2) is 26.7 Å². The van der Waals surface area contributed by atoms with Crippen molar-refractivity contribution in [2.45, 2.75) is 33.8 Å². The lowest BCUT2D eigenvalue weighted by Gasteiger charge is -2.10. The monoisotopic (exact) mass is 275 g/mol. The summed E-state index contributed by atoms with van der Waals surface area (Å²) in [6.07, 6.45) is 0.829.